The third kappa shape index (κ3) is 4.72. The Labute approximate surface area is 171 Å². The second-order valence-electron chi connectivity index (χ2n) is 8.09. The molecular formula is C20H28N2O6S. The third-order valence-electron chi connectivity index (χ3n) is 6.18. The molecule has 8 nitrogen and oxygen atoms in total. The number of hydrogen-bond acceptors (Lipinski definition) is 6. The lowest BCUT2D eigenvalue weighted by molar-refractivity contribution is -0.130. The van der Waals surface area contributed by atoms with E-state index < -0.39 is 22.1 Å². The van der Waals surface area contributed by atoms with Gasteiger partial charge in [0, 0.05) is 6.04 Å². The monoisotopic (exact) mass is 424 g/mol. The summed E-state index contributed by atoms with van der Waals surface area (Å²) in [5.74, 6) is 0.798. The van der Waals surface area contributed by atoms with Crippen molar-refractivity contribution in [3.05, 3.63) is 23.8 Å². The highest BCUT2D eigenvalue weighted by Crippen LogP contribution is 2.49. The Morgan fingerprint density at radius 1 is 1.21 bits per heavy atom. The number of carbonyl (C=O) groups is 2. The van der Waals surface area contributed by atoms with Crippen molar-refractivity contribution in [2.45, 2.75) is 56.6 Å². The van der Waals surface area contributed by atoms with Crippen LogP contribution in [0.25, 0.3) is 0 Å². The zero-order chi connectivity index (χ0) is 21.3. The number of nitrogens with two attached hydrogens (primary N) is 1. The smallest absolute Gasteiger partial charge is 0.342 e. The summed E-state index contributed by atoms with van der Waals surface area (Å²) in [4.78, 5) is 24.8. The Balaban J connectivity index is 1.64. The van der Waals surface area contributed by atoms with E-state index in [1.54, 1.807) is 0 Å². The Morgan fingerprint density at radius 3 is 2.48 bits per heavy atom. The van der Waals surface area contributed by atoms with Crippen LogP contribution in [0, 0.1) is 17.8 Å². The molecule has 0 heterocycles. The number of sulfonamides is 1. The fourth-order valence-electron chi connectivity index (χ4n) is 4.66. The van der Waals surface area contributed by atoms with Crippen LogP contribution >= 0.6 is 0 Å². The van der Waals surface area contributed by atoms with Gasteiger partial charge in [0.1, 0.15) is 11.3 Å². The first-order valence-electron chi connectivity index (χ1n) is 9.82. The fraction of sp³-hybridized carbons (Fsp3) is 0.600. The summed E-state index contributed by atoms with van der Waals surface area (Å²) in [6, 6.07) is 3.65. The molecule has 2 saturated carbocycles. The van der Waals surface area contributed by atoms with Gasteiger partial charge in [-0.1, -0.05) is 6.42 Å². The molecule has 2 bridgehead atoms. The van der Waals surface area contributed by atoms with Gasteiger partial charge in [-0.3, -0.25) is 4.79 Å². The maximum Gasteiger partial charge on any atom is 0.342 e. The number of primary sulfonamides is 1. The summed E-state index contributed by atoms with van der Waals surface area (Å²) in [5.41, 5.74) is -0.111. The van der Waals surface area contributed by atoms with Crippen molar-refractivity contribution in [2.24, 2.45) is 22.9 Å². The minimum absolute atomic E-state index is 0.0131. The van der Waals surface area contributed by atoms with Crippen LogP contribution in [0.2, 0.25) is 0 Å². The highest BCUT2D eigenvalue weighted by Gasteiger charge is 2.42. The van der Waals surface area contributed by atoms with Crippen molar-refractivity contribution >= 4 is 21.9 Å². The first-order chi connectivity index (χ1) is 13.6. The molecule has 5 unspecified atom stereocenters. The van der Waals surface area contributed by atoms with Crippen molar-refractivity contribution < 1.29 is 27.5 Å². The van der Waals surface area contributed by atoms with E-state index in [4.69, 9.17) is 14.6 Å². The van der Waals surface area contributed by atoms with Crippen LogP contribution in [0.1, 0.15) is 49.9 Å². The van der Waals surface area contributed by atoms with Gasteiger partial charge in [0.15, 0.2) is 6.10 Å². The van der Waals surface area contributed by atoms with Crippen LogP contribution in [0.3, 0.4) is 0 Å². The van der Waals surface area contributed by atoms with Crippen LogP contribution < -0.4 is 15.2 Å². The number of fused-ring (bicyclic) bond motifs is 2. The summed E-state index contributed by atoms with van der Waals surface area (Å²) in [6.45, 7) is 3.48. The molecular weight excluding hydrogens is 396 g/mol. The van der Waals surface area contributed by atoms with Gasteiger partial charge in [-0.05, 0) is 69.1 Å². The quantitative estimate of drug-likeness (QED) is 0.644. The molecule has 0 aromatic heterocycles. The highest BCUT2D eigenvalue weighted by atomic mass is 32.2. The Morgan fingerprint density at radius 2 is 1.93 bits per heavy atom. The first-order valence-corrected chi connectivity index (χ1v) is 11.4. The minimum Gasteiger partial charge on any atom is -0.496 e. The zero-order valence-electron chi connectivity index (χ0n) is 16.9. The molecule has 2 aliphatic carbocycles. The van der Waals surface area contributed by atoms with Crippen LogP contribution in [-0.4, -0.2) is 39.5 Å². The molecule has 0 aliphatic heterocycles. The van der Waals surface area contributed by atoms with Crippen LogP contribution in [0.5, 0.6) is 5.75 Å². The van der Waals surface area contributed by atoms with Gasteiger partial charge >= 0.3 is 5.97 Å². The molecule has 2 fully saturated rings. The number of ether oxygens (including phenoxy) is 2. The molecule has 3 rings (SSSR count). The van der Waals surface area contributed by atoms with E-state index in [9.17, 15) is 18.0 Å². The van der Waals surface area contributed by atoms with Crippen LogP contribution in [0.15, 0.2) is 23.1 Å². The Hall–Kier alpha value is -2.13. The largest absolute Gasteiger partial charge is 0.496 e. The summed E-state index contributed by atoms with van der Waals surface area (Å²) in [6.07, 6.45) is 3.86. The standard InChI is InChI=1S/C20H28N2O6S/c1-11(16-9-13-4-5-14(16)8-13)22-19(23)12(2)28-20(24)17-10-15(29(21,25)26)6-7-18(17)27-3/h6-7,10-14,16H,4-5,8-9H2,1-3H3,(H,22,23)(H2,21,25,26). The number of amides is 1. The number of carbonyl (C=O) groups excluding carboxylic acids is 2. The maximum absolute atomic E-state index is 12.5. The summed E-state index contributed by atoms with van der Waals surface area (Å²) < 4.78 is 33.5. The van der Waals surface area contributed by atoms with Crippen molar-refractivity contribution in [2.75, 3.05) is 7.11 Å². The molecule has 3 N–H and O–H groups in total. The van der Waals surface area contributed by atoms with Crippen LogP contribution in [0.4, 0.5) is 0 Å². The average molecular weight is 425 g/mol. The van der Waals surface area contributed by atoms with Gasteiger partial charge in [-0.15, -0.1) is 0 Å². The zero-order valence-corrected chi connectivity index (χ0v) is 17.7. The summed E-state index contributed by atoms with van der Waals surface area (Å²) in [7, 11) is -2.66. The predicted molar refractivity (Wildman–Crippen MR) is 106 cm³/mol. The molecule has 29 heavy (non-hydrogen) atoms. The van der Waals surface area contributed by atoms with E-state index in [2.05, 4.69) is 5.32 Å². The molecule has 1 aromatic rings. The third-order valence-corrected chi connectivity index (χ3v) is 7.09. The molecule has 5 atom stereocenters. The van der Waals surface area contributed by atoms with Gasteiger partial charge in [0.25, 0.3) is 5.91 Å². The van der Waals surface area contributed by atoms with E-state index >= 15 is 0 Å². The lowest BCUT2D eigenvalue weighted by Gasteiger charge is -2.29. The van der Waals surface area contributed by atoms with Gasteiger partial charge in [0.2, 0.25) is 10.0 Å². The molecule has 0 saturated heterocycles. The van der Waals surface area contributed by atoms with E-state index in [1.165, 1.54) is 45.4 Å². The van der Waals surface area contributed by atoms with E-state index in [0.29, 0.717) is 11.8 Å². The second kappa shape index (κ2) is 8.31. The lowest BCUT2D eigenvalue weighted by atomic mass is 9.84. The van der Waals surface area contributed by atoms with Crippen molar-refractivity contribution in [3.63, 3.8) is 0 Å². The topological polar surface area (TPSA) is 125 Å². The SMILES string of the molecule is COc1ccc(S(N)(=O)=O)cc1C(=O)OC(C)C(=O)NC(C)C1CC2CCC1C2. The Bertz CT molecular complexity index is 900. The summed E-state index contributed by atoms with van der Waals surface area (Å²) in [5, 5.41) is 8.09. The number of nitrogens with one attached hydrogen (secondary N) is 1. The number of rotatable bonds is 7. The van der Waals surface area contributed by atoms with E-state index in [1.807, 2.05) is 6.92 Å². The normalized spacial score (nSPS) is 25.3. The van der Waals surface area contributed by atoms with Gasteiger partial charge in [0.05, 0.1) is 12.0 Å². The van der Waals surface area contributed by atoms with Crippen molar-refractivity contribution in [1.82, 2.24) is 5.32 Å². The highest BCUT2D eigenvalue weighted by molar-refractivity contribution is 7.89. The number of benzene rings is 1. The molecule has 9 heteroatoms. The fourth-order valence-corrected chi connectivity index (χ4v) is 5.20. The minimum atomic E-state index is -4.00. The van der Waals surface area contributed by atoms with E-state index in [-0.39, 0.29) is 28.2 Å². The average Bonchev–Trinajstić information content (AvgIpc) is 3.30. The second-order valence-corrected chi connectivity index (χ2v) is 9.65. The van der Waals surface area contributed by atoms with Crippen molar-refractivity contribution in [3.8, 4) is 5.75 Å². The molecule has 0 spiro atoms. The van der Waals surface area contributed by atoms with Gasteiger partial charge in [-0.25, -0.2) is 18.4 Å². The number of hydrogen-bond donors (Lipinski definition) is 2. The molecule has 1 aromatic carbocycles. The first kappa shape index (κ1) is 21.6. The summed E-state index contributed by atoms with van der Waals surface area (Å²) >= 11 is 0. The molecule has 0 radical (unpaired) electrons. The predicted octanol–water partition coefficient (Wildman–Crippen LogP) is 1.83. The van der Waals surface area contributed by atoms with Crippen molar-refractivity contribution in [1.29, 1.82) is 0 Å². The number of methoxy groups -OCH3 is 1. The number of esters is 1. The maximum atomic E-state index is 12.5. The molecule has 2 aliphatic rings. The van der Waals surface area contributed by atoms with E-state index in [0.717, 1.165) is 18.4 Å². The Kier molecular flexibility index (Phi) is 6.19. The molecule has 1 amide bonds. The van der Waals surface area contributed by atoms with Gasteiger partial charge < -0.3 is 14.8 Å². The lowest BCUT2D eigenvalue weighted by Crippen LogP contribution is -2.45. The van der Waals surface area contributed by atoms with Crippen LogP contribution in [-0.2, 0) is 19.6 Å². The van der Waals surface area contributed by atoms with Gasteiger partial charge in [-0.2, -0.15) is 0 Å². The molecule has 160 valence electrons.